The van der Waals surface area contributed by atoms with E-state index in [4.69, 9.17) is 0 Å². The summed E-state index contributed by atoms with van der Waals surface area (Å²) in [5.74, 6) is 2.00. The molecule has 6 rings (SSSR count). The molecule has 4 bridgehead atoms. The zero-order valence-electron chi connectivity index (χ0n) is 10.1. The molecular formula is C12H24N4. The Bertz CT molecular complexity index is 147. The summed E-state index contributed by atoms with van der Waals surface area (Å²) >= 11 is 0. The third-order valence-corrected chi connectivity index (χ3v) is 4.44. The van der Waals surface area contributed by atoms with Gasteiger partial charge in [-0.05, 0) is 37.5 Å². The third-order valence-electron chi connectivity index (χ3n) is 4.44. The van der Waals surface area contributed by atoms with Crippen LogP contribution in [0.15, 0.2) is 0 Å². The van der Waals surface area contributed by atoms with E-state index >= 15 is 0 Å². The van der Waals surface area contributed by atoms with Crippen molar-refractivity contribution in [3.05, 3.63) is 0 Å². The van der Waals surface area contributed by atoms with Crippen LogP contribution in [0, 0.1) is 11.8 Å². The van der Waals surface area contributed by atoms with Crippen LogP contribution in [0.1, 0.15) is 25.7 Å². The van der Waals surface area contributed by atoms with E-state index in [9.17, 15) is 0 Å². The van der Waals surface area contributed by atoms with E-state index in [0.717, 1.165) is 11.8 Å². The molecule has 0 aliphatic carbocycles. The molecule has 4 nitrogen and oxygen atoms in total. The van der Waals surface area contributed by atoms with Crippen LogP contribution >= 0.6 is 0 Å². The lowest BCUT2D eigenvalue weighted by molar-refractivity contribution is 0.0572. The van der Waals surface area contributed by atoms with Crippen molar-refractivity contribution in [2.45, 2.75) is 25.7 Å². The Hall–Kier alpha value is -0.160. The first kappa shape index (κ1) is 11.0. The van der Waals surface area contributed by atoms with E-state index in [0.29, 0.717) is 0 Å². The first-order chi connectivity index (χ1) is 7.90. The molecule has 16 heavy (non-hydrogen) atoms. The maximum Gasteiger partial charge on any atom is 0.0134 e. The van der Waals surface area contributed by atoms with Gasteiger partial charge in [0.1, 0.15) is 0 Å². The standard InChI is InChI=1S/2C6H12N2/c2*1-3-8-4-2-6(1)5-7-8/h2*6-7H,1-5H2. The quantitative estimate of drug-likeness (QED) is 0.625. The molecule has 92 valence electrons. The number of hydrogen-bond acceptors (Lipinski definition) is 4. The Balaban J connectivity index is 0.000000101. The molecule has 0 aromatic heterocycles. The van der Waals surface area contributed by atoms with Gasteiger partial charge in [0, 0.05) is 39.3 Å². The van der Waals surface area contributed by atoms with Gasteiger partial charge >= 0.3 is 0 Å². The van der Waals surface area contributed by atoms with Crippen LogP contribution in [0.5, 0.6) is 0 Å². The zero-order chi connectivity index (χ0) is 10.8. The summed E-state index contributed by atoms with van der Waals surface area (Å²) in [6.45, 7) is 7.60. The number of nitrogens with zero attached hydrogens (tertiary/aromatic N) is 2. The summed E-state index contributed by atoms with van der Waals surface area (Å²) < 4.78 is 0. The minimum absolute atomic E-state index is 1.000. The fraction of sp³-hybridized carbons (Fsp3) is 1.00. The van der Waals surface area contributed by atoms with Gasteiger partial charge < -0.3 is 0 Å². The summed E-state index contributed by atoms with van der Waals surface area (Å²) in [6, 6.07) is 0. The van der Waals surface area contributed by atoms with E-state index in [1.54, 1.807) is 0 Å². The van der Waals surface area contributed by atoms with E-state index in [1.807, 2.05) is 0 Å². The molecule has 0 aromatic rings. The summed E-state index contributed by atoms with van der Waals surface area (Å²) in [5.41, 5.74) is 6.70. The molecule has 0 unspecified atom stereocenters. The summed E-state index contributed by atoms with van der Waals surface area (Å²) in [7, 11) is 0. The second-order valence-electron chi connectivity index (χ2n) is 5.59. The van der Waals surface area contributed by atoms with Crippen LogP contribution in [-0.4, -0.2) is 49.3 Å². The molecule has 0 saturated carbocycles. The lowest BCUT2D eigenvalue weighted by Crippen LogP contribution is -2.52. The monoisotopic (exact) mass is 224 g/mol. The van der Waals surface area contributed by atoms with Gasteiger partial charge in [-0.2, -0.15) is 0 Å². The highest BCUT2D eigenvalue weighted by Gasteiger charge is 2.24. The number of hydrogen-bond donors (Lipinski definition) is 2. The van der Waals surface area contributed by atoms with Crippen molar-refractivity contribution < 1.29 is 0 Å². The van der Waals surface area contributed by atoms with Crippen LogP contribution < -0.4 is 10.9 Å². The van der Waals surface area contributed by atoms with Crippen molar-refractivity contribution in [3.63, 3.8) is 0 Å². The Morgan fingerprint density at radius 2 is 1.00 bits per heavy atom. The molecule has 6 saturated heterocycles. The highest BCUT2D eigenvalue weighted by atomic mass is 15.5. The van der Waals surface area contributed by atoms with Crippen molar-refractivity contribution in [1.82, 2.24) is 20.9 Å². The number of hydrazine groups is 2. The number of nitrogens with one attached hydrogen (secondary N) is 2. The van der Waals surface area contributed by atoms with Gasteiger partial charge in [0.2, 0.25) is 0 Å². The van der Waals surface area contributed by atoms with Crippen molar-refractivity contribution in [2.24, 2.45) is 11.8 Å². The number of piperidine rings is 2. The molecule has 6 aliphatic heterocycles. The fourth-order valence-corrected chi connectivity index (χ4v) is 3.11. The van der Waals surface area contributed by atoms with Gasteiger partial charge in [0.15, 0.2) is 0 Å². The summed E-state index contributed by atoms with van der Waals surface area (Å²) in [4.78, 5) is 0. The van der Waals surface area contributed by atoms with Crippen molar-refractivity contribution in [3.8, 4) is 0 Å². The largest absolute Gasteiger partial charge is 0.255 e. The molecule has 0 spiro atoms. The Labute approximate surface area is 98.3 Å². The van der Waals surface area contributed by atoms with Crippen molar-refractivity contribution >= 4 is 0 Å². The second kappa shape index (κ2) is 5.00. The molecule has 0 aromatic carbocycles. The maximum atomic E-state index is 3.35. The second-order valence-corrected chi connectivity index (χ2v) is 5.59. The molecule has 6 aliphatic rings. The molecule has 0 radical (unpaired) electrons. The van der Waals surface area contributed by atoms with Crippen molar-refractivity contribution in [1.29, 1.82) is 0 Å². The van der Waals surface area contributed by atoms with Crippen LogP contribution in [0.3, 0.4) is 0 Å². The van der Waals surface area contributed by atoms with Gasteiger partial charge in [-0.15, -0.1) is 0 Å². The van der Waals surface area contributed by atoms with Crippen LogP contribution in [0.2, 0.25) is 0 Å². The highest BCUT2D eigenvalue weighted by molar-refractivity contribution is 4.77. The van der Waals surface area contributed by atoms with E-state index in [-0.39, 0.29) is 0 Å². The van der Waals surface area contributed by atoms with Gasteiger partial charge in [0.25, 0.3) is 0 Å². The first-order valence-corrected chi connectivity index (χ1v) is 6.87. The minimum atomic E-state index is 1.000. The average molecular weight is 224 g/mol. The molecule has 6 heterocycles. The van der Waals surface area contributed by atoms with E-state index < -0.39 is 0 Å². The predicted molar refractivity (Wildman–Crippen MR) is 64.6 cm³/mol. The molecule has 4 heteroatoms. The van der Waals surface area contributed by atoms with Crippen LogP contribution in [0.25, 0.3) is 0 Å². The summed E-state index contributed by atoms with van der Waals surface area (Å²) in [6.07, 6.45) is 5.69. The number of rotatable bonds is 0. The Morgan fingerprint density at radius 1 is 0.625 bits per heavy atom. The minimum Gasteiger partial charge on any atom is -0.255 e. The van der Waals surface area contributed by atoms with Crippen LogP contribution in [0.4, 0.5) is 0 Å². The molecule has 2 N–H and O–H groups in total. The van der Waals surface area contributed by atoms with Gasteiger partial charge in [-0.3, -0.25) is 10.9 Å². The smallest absolute Gasteiger partial charge is 0.0134 e. The maximum absolute atomic E-state index is 3.35. The van der Waals surface area contributed by atoms with Gasteiger partial charge in [-0.25, -0.2) is 10.0 Å². The first-order valence-electron chi connectivity index (χ1n) is 6.87. The van der Waals surface area contributed by atoms with E-state index in [2.05, 4.69) is 20.9 Å². The van der Waals surface area contributed by atoms with Gasteiger partial charge in [-0.1, -0.05) is 0 Å². The zero-order valence-corrected chi connectivity index (χ0v) is 10.1. The van der Waals surface area contributed by atoms with Crippen LogP contribution in [-0.2, 0) is 0 Å². The summed E-state index contributed by atoms with van der Waals surface area (Å²) in [5, 5.41) is 4.67. The fourth-order valence-electron chi connectivity index (χ4n) is 3.11. The Morgan fingerprint density at radius 3 is 1.06 bits per heavy atom. The SMILES string of the molecule is C1CN2CCC1CN2.C1CN2CCC1CN2. The van der Waals surface area contributed by atoms with E-state index in [1.165, 1.54) is 65.0 Å². The molecular weight excluding hydrogens is 200 g/mol. The molecule has 0 amide bonds. The highest BCUT2D eigenvalue weighted by Crippen LogP contribution is 2.19. The topological polar surface area (TPSA) is 30.5 Å². The van der Waals surface area contributed by atoms with Gasteiger partial charge in [0.05, 0.1) is 0 Å². The molecule has 0 atom stereocenters. The van der Waals surface area contributed by atoms with Crippen molar-refractivity contribution in [2.75, 3.05) is 39.3 Å². The average Bonchev–Trinajstić information content (AvgIpc) is 2.44. The molecule has 6 fully saturated rings. The third kappa shape index (κ3) is 2.56. The normalized spacial score (nSPS) is 45.0. The lowest BCUT2D eigenvalue weighted by atomic mass is 9.96. The lowest BCUT2D eigenvalue weighted by Gasteiger charge is -2.39. The predicted octanol–water partition coefficient (Wildman–Crippen LogP) is 0.433. The Kier molecular flexibility index (Phi) is 3.43. The number of fused-ring (bicyclic) bond motifs is 6.